The van der Waals surface area contributed by atoms with Gasteiger partial charge in [0.2, 0.25) is 11.8 Å². The van der Waals surface area contributed by atoms with Crippen molar-refractivity contribution in [1.29, 1.82) is 0 Å². The van der Waals surface area contributed by atoms with Crippen molar-refractivity contribution in [3.05, 3.63) is 70.8 Å². The molecule has 6 nitrogen and oxygen atoms in total. The molecule has 2 rings (SSSR count). The average Bonchev–Trinajstić information content (AvgIpc) is 2.65. The monoisotopic (exact) mass is 364 g/mol. The number of aryl methyl sites for hydroxylation is 2. The van der Waals surface area contributed by atoms with Crippen LogP contribution in [-0.2, 0) is 9.59 Å². The van der Waals surface area contributed by atoms with Gasteiger partial charge in [0, 0.05) is 12.8 Å². The summed E-state index contributed by atoms with van der Waals surface area (Å²) in [6, 6.07) is 15.6. The lowest BCUT2D eigenvalue weighted by atomic mass is 10.2. The van der Waals surface area contributed by atoms with Gasteiger partial charge in [-0.05, 0) is 31.4 Å². The first-order valence-electron chi connectivity index (χ1n) is 8.80. The quantitative estimate of drug-likeness (QED) is 0.557. The molecule has 0 saturated carbocycles. The zero-order valence-corrected chi connectivity index (χ0v) is 15.6. The molecular formula is C21H24N4O2. The highest BCUT2D eigenvalue weighted by molar-refractivity contribution is 5.84. The molecule has 0 heterocycles. The van der Waals surface area contributed by atoms with Crippen molar-refractivity contribution in [3.63, 3.8) is 0 Å². The maximum atomic E-state index is 11.7. The van der Waals surface area contributed by atoms with Crippen LogP contribution in [0.5, 0.6) is 0 Å². The van der Waals surface area contributed by atoms with Gasteiger partial charge in [0.25, 0.3) is 0 Å². The van der Waals surface area contributed by atoms with E-state index in [2.05, 4.69) is 21.1 Å². The molecule has 0 radical (unpaired) electrons. The molecule has 0 atom stereocenters. The number of nitrogens with one attached hydrogen (secondary N) is 2. The van der Waals surface area contributed by atoms with Gasteiger partial charge in [-0.1, -0.05) is 59.7 Å². The Kier molecular flexibility index (Phi) is 7.91. The van der Waals surface area contributed by atoms with Gasteiger partial charge in [-0.15, -0.1) is 0 Å². The maximum absolute atomic E-state index is 11.7. The fraction of sp³-hybridized carbons (Fsp3) is 0.238. The minimum absolute atomic E-state index is 0.223. The average molecular weight is 364 g/mol. The fourth-order valence-electron chi connectivity index (χ4n) is 2.18. The van der Waals surface area contributed by atoms with Crippen LogP contribution in [-0.4, -0.2) is 24.2 Å². The van der Waals surface area contributed by atoms with E-state index in [1.807, 2.05) is 62.4 Å². The molecule has 0 bridgehead atoms. The van der Waals surface area contributed by atoms with Gasteiger partial charge in [0.15, 0.2) is 0 Å². The molecular weight excluding hydrogens is 340 g/mol. The van der Waals surface area contributed by atoms with Crippen molar-refractivity contribution in [2.75, 3.05) is 0 Å². The van der Waals surface area contributed by atoms with Crippen LogP contribution in [0, 0.1) is 13.8 Å². The first-order chi connectivity index (χ1) is 13.0. The Balaban J connectivity index is 1.61. The highest BCUT2D eigenvalue weighted by Gasteiger charge is 2.03. The molecule has 0 fully saturated rings. The lowest BCUT2D eigenvalue weighted by Crippen LogP contribution is -2.20. The Morgan fingerprint density at radius 2 is 1.11 bits per heavy atom. The summed E-state index contributed by atoms with van der Waals surface area (Å²) in [7, 11) is 0. The van der Waals surface area contributed by atoms with Gasteiger partial charge in [-0.3, -0.25) is 9.59 Å². The van der Waals surface area contributed by atoms with Crippen molar-refractivity contribution in [2.24, 2.45) is 10.2 Å². The zero-order chi connectivity index (χ0) is 19.5. The molecule has 6 heteroatoms. The van der Waals surface area contributed by atoms with E-state index in [1.165, 1.54) is 0 Å². The Morgan fingerprint density at radius 3 is 1.48 bits per heavy atom. The van der Waals surface area contributed by atoms with E-state index < -0.39 is 0 Å². The first-order valence-corrected chi connectivity index (χ1v) is 8.80. The standard InChI is InChI=1S/C21H24N4O2/c1-16-6-10-18(11-7-16)14-22-24-20(26)4-3-5-21(27)25-23-15-19-12-8-17(2)9-13-19/h6-15H,3-5H2,1-2H3,(H,24,26)(H,25,27)/b22-14+,23-15+. The Morgan fingerprint density at radius 1 is 0.741 bits per heavy atom. The van der Waals surface area contributed by atoms with Crippen molar-refractivity contribution >= 4 is 24.2 Å². The topological polar surface area (TPSA) is 82.9 Å². The number of hydrogen-bond donors (Lipinski definition) is 2. The predicted octanol–water partition coefficient (Wildman–Crippen LogP) is 3.07. The summed E-state index contributed by atoms with van der Waals surface area (Å²) < 4.78 is 0. The molecule has 0 unspecified atom stereocenters. The summed E-state index contributed by atoms with van der Waals surface area (Å²) in [5.41, 5.74) is 9.06. The summed E-state index contributed by atoms with van der Waals surface area (Å²) in [6.45, 7) is 4.01. The molecule has 2 aromatic rings. The number of benzene rings is 2. The van der Waals surface area contributed by atoms with Crippen LogP contribution in [0.2, 0.25) is 0 Å². The lowest BCUT2D eigenvalue weighted by molar-refractivity contribution is -0.122. The summed E-state index contributed by atoms with van der Waals surface area (Å²) >= 11 is 0. The SMILES string of the molecule is Cc1ccc(/C=N/NC(=O)CCCC(=O)N/N=C/c2ccc(C)cc2)cc1. The summed E-state index contributed by atoms with van der Waals surface area (Å²) in [5.74, 6) is -0.455. The van der Waals surface area contributed by atoms with Crippen LogP contribution in [0.15, 0.2) is 58.7 Å². The van der Waals surface area contributed by atoms with Crippen LogP contribution in [0.3, 0.4) is 0 Å². The van der Waals surface area contributed by atoms with Crippen molar-refractivity contribution in [1.82, 2.24) is 10.9 Å². The molecule has 0 aliphatic carbocycles. The molecule has 0 aliphatic rings. The van der Waals surface area contributed by atoms with Gasteiger partial charge >= 0.3 is 0 Å². The summed E-state index contributed by atoms with van der Waals surface area (Å²) in [4.78, 5) is 23.4. The van der Waals surface area contributed by atoms with Crippen LogP contribution in [0.4, 0.5) is 0 Å². The third-order valence-electron chi connectivity index (χ3n) is 3.77. The molecule has 2 N–H and O–H groups in total. The molecule has 0 aliphatic heterocycles. The minimum Gasteiger partial charge on any atom is -0.273 e. The Labute approximate surface area is 159 Å². The smallest absolute Gasteiger partial charge is 0.240 e. The molecule has 0 aromatic heterocycles. The third-order valence-corrected chi connectivity index (χ3v) is 3.77. The van der Waals surface area contributed by atoms with Crippen LogP contribution >= 0.6 is 0 Å². The number of hydrogen-bond acceptors (Lipinski definition) is 4. The largest absolute Gasteiger partial charge is 0.273 e. The molecule has 0 saturated heterocycles. The van der Waals surface area contributed by atoms with E-state index in [0.717, 1.165) is 22.3 Å². The van der Waals surface area contributed by atoms with E-state index in [0.29, 0.717) is 6.42 Å². The lowest BCUT2D eigenvalue weighted by Gasteiger charge is -2.01. The molecule has 27 heavy (non-hydrogen) atoms. The van der Waals surface area contributed by atoms with Crippen LogP contribution < -0.4 is 10.9 Å². The van der Waals surface area contributed by atoms with E-state index >= 15 is 0 Å². The normalized spacial score (nSPS) is 11.0. The van der Waals surface area contributed by atoms with Gasteiger partial charge in [0.1, 0.15) is 0 Å². The fourth-order valence-corrected chi connectivity index (χ4v) is 2.18. The van der Waals surface area contributed by atoms with Crippen LogP contribution in [0.25, 0.3) is 0 Å². The molecule has 140 valence electrons. The number of rotatable bonds is 8. The Hall–Kier alpha value is -3.28. The second kappa shape index (κ2) is 10.7. The first kappa shape index (κ1) is 20.0. The number of carbonyl (C=O) groups excluding carboxylic acids is 2. The predicted molar refractivity (Wildman–Crippen MR) is 108 cm³/mol. The summed E-state index contributed by atoms with van der Waals surface area (Å²) in [5, 5.41) is 7.82. The highest BCUT2D eigenvalue weighted by atomic mass is 16.2. The van der Waals surface area contributed by atoms with Crippen molar-refractivity contribution < 1.29 is 9.59 Å². The van der Waals surface area contributed by atoms with E-state index in [4.69, 9.17) is 0 Å². The van der Waals surface area contributed by atoms with Crippen molar-refractivity contribution in [2.45, 2.75) is 33.1 Å². The van der Waals surface area contributed by atoms with E-state index in [9.17, 15) is 9.59 Å². The number of carbonyl (C=O) groups is 2. The van der Waals surface area contributed by atoms with Crippen LogP contribution in [0.1, 0.15) is 41.5 Å². The van der Waals surface area contributed by atoms with E-state index in [-0.39, 0.29) is 24.7 Å². The molecule has 2 aromatic carbocycles. The second-order valence-electron chi connectivity index (χ2n) is 6.26. The Bertz CT molecular complexity index is 740. The number of hydrazone groups is 2. The second-order valence-corrected chi connectivity index (χ2v) is 6.26. The molecule has 2 amide bonds. The molecule has 0 spiro atoms. The highest BCUT2D eigenvalue weighted by Crippen LogP contribution is 2.01. The van der Waals surface area contributed by atoms with Gasteiger partial charge in [-0.2, -0.15) is 10.2 Å². The minimum atomic E-state index is -0.227. The zero-order valence-electron chi connectivity index (χ0n) is 15.6. The van der Waals surface area contributed by atoms with E-state index in [1.54, 1.807) is 12.4 Å². The van der Waals surface area contributed by atoms with Gasteiger partial charge < -0.3 is 0 Å². The maximum Gasteiger partial charge on any atom is 0.240 e. The summed E-state index contributed by atoms with van der Waals surface area (Å²) in [6.07, 6.45) is 4.05. The van der Waals surface area contributed by atoms with Gasteiger partial charge in [0.05, 0.1) is 12.4 Å². The number of nitrogens with zero attached hydrogens (tertiary/aromatic N) is 2. The third kappa shape index (κ3) is 8.09. The number of amides is 2. The van der Waals surface area contributed by atoms with Gasteiger partial charge in [-0.25, -0.2) is 10.9 Å². The van der Waals surface area contributed by atoms with Crippen molar-refractivity contribution in [3.8, 4) is 0 Å².